The Morgan fingerprint density at radius 1 is 1.05 bits per heavy atom. The maximum atomic E-state index is 5.94. The lowest BCUT2D eigenvalue weighted by Crippen LogP contribution is -2.49. The van der Waals surface area contributed by atoms with Gasteiger partial charge in [0.2, 0.25) is 0 Å². The van der Waals surface area contributed by atoms with E-state index in [1.165, 1.54) is 71.2 Å². The first kappa shape index (κ1) is 15.3. The van der Waals surface area contributed by atoms with Crippen molar-refractivity contribution >= 4 is 0 Å². The van der Waals surface area contributed by atoms with Crippen molar-refractivity contribution < 1.29 is 0 Å². The molecule has 0 aromatic heterocycles. The van der Waals surface area contributed by atoms with E-state index in [2.05, 4.69) is 23.6 Å². The lowest BCUT2D eigenvalue weighted by Gasteiger charge is -2.42. The second-order valence-electron chi connectivity index (χ2n) is 6.97. The maximum Gasteiger partial charge on any atom is 0.0120 e. The molecule has 0 amide bonds. The summed E-state index contributed by atoms with van der Waals surface area (Å²) in [4.78, 5) is 5.40. The van der Waals surface area contributed by atoms with Crippen LogP contribution in [0.3, 0.4) is 0 Å². The molecule has 1 unspecified atom stereocenters. The van der Waals surface area contributed by atoms with E-state index in [1.54, 1.807) is 0 Å². The first-order valence-corrected chi connectivity index (χ1v) is 8.33. The summed E-state index contributed by atoms with van der Waals surface area (Å²) >= 11 is 0. The van der Waals surface area contributed by atoms with Crippen molar-refractivity contribution in [2.24, 2.45) is 11.1 Å². The summed E-state index contributed by atoms with van der Waals surface area (Å²) < 4.78 is 0. The molecule has 3 nitrogen and oxygen atoms in total. The summed E-state index contributed by atoms with van der Waals surface area (Å²) in [6.45, 7) is 11.9. The average molecular weight is 267 g/mol. The van der Waals surface area contributed by atoms with Crippen LogP contribution in [0.25, 0.3) is 0 Å². The molecule has 0 bridgehead atoms. The van der Waals surface area contributed by atoms with Gasteiger partial charge in [0.25, 0.3) is 0 Å². The van der Waals surface area contributed by atoms with Crippen molar-refractivity contribution in [3.8, 4) is 0 Å². The molecule has 3 heteroatoms. The SMILES string of the molecule is CCC(C)(CN)CN1CCC(N2CCCCC2)CC1. The first-order valence-electron chi connectivity index (χ1n) is 8.33. The van der Waals surface area contributed by atoms with Gasteiger partial charge in [-0.15, -0.1) is 0 Å². The molecule has 112 valence electrons. The van der Waals surface area contributed by atoms with Crippen molar-refractivity contribution in [2.75, 3.05) is 39.3 Å². The van der Waals surface area contributed by atoms with Crippen LogP contribution in [-0.2, 0) is 0 Å². The molecule has 2 aliphatic heterocycles. The maximum absolute atomic E-state index is 5.94. The van der Waals surface area contributed by atoms with Crippen LogP contribution in [0.5, 0.6) is 0 Å². The number of hydrogen-bond donors (Lipinski definition) is 1. The summed E-state index contributed by atoms with van der Waals surface area (Å²) in [5.74, 6) is 0. The van der Waals surface area contributed by atoms with E-state index in [1.807, 2.05) is 0 Å². The van der Waals surface area contributed by atoms with E-state index >= 15 is 0 Å². The molecule has 1 atom stereocenters. The fourth-order valence-corrected chi connectivity index (χ4v) is 3.59. The van der Waals surface area contributed by atoms with Crippen LogP contribution in [0, 0.1) is 5.41 Å². The second kappa shape index (κ2) is 7.05. The zero-order valence-electron chi connectivity index (χ0n) is 13.0. The number of nitrogens with zero attached hydrogens (tertiary/aromatic N) is 2. The molecule has 0 aliphatic carbocycles. The Balaban J connectivity index is 1.75. The minimum absolute atomic E-state index is 0.317. The quantitative estimate of drug-likeness (QED) is 0.830. The fraction of sp³-hybridized carbons (Fsp3) is 1.00. The highest BCUT2D eigenvalue weighted by Crippen LogP contribution is 2.25. The number of likely N-dealkylation sites (tertiary alicyclic amines) is 2. The molecule has 2 rings (SSSR count). The van der Waals surface area contributed by atoms with Gasteiger partial charge in [-0.25, -0.2) is 0 Å². The van der Waals surface area contributed by atoms with Crippen LogP contribution >= 0.6 is 0 Å². The van der Waals surface area contributed by atoms with E-state index in [0.717, 1.165) is 12.6 Å². The number of hydrogen-bond acceptors (Lipinski definition) is 3. The van der Waals surface area contributed by atoms with E-state index in [9.17, 15) is 0 Å². The second-order valence-corrected chi connectivity index (χ2v) is 6.97. The Kier molecular flexibility index (Phi) is 5.67. The molecule has 2 N–H and O–H groups in total. The summed E-state index contributed by atoms with van der Waals surface area (Å²) in [5.41, 5.74) is 6.26. The zero-order chi connectivity index (χ0) is 13.7. The normalized spacial score (nSPS) is 27.3. The van der Waals surface area contributed by atoms with Crippen molar-refractivity contribution in [3.63, 3.8) is 0 Å². The van der Waals surface area contributed by atoms with Crippen LogP contribution in [-0.4, -0.2) is 55.1 Å². The van der Waals surface area contributed by atoms with Gasteiger partial charge in [0.15, 0.2) is 0 Å². The standard InChI is InChI=1S/C16H33N3/c1-3-16(2,13-17)14-18-11-7-15(8-12-18)19-9-5-4-6-10-19/h15H,3-14,17H2,1-2H3. The number of nitrogens with two attached hydrogens (primary N) is 1. The average Bonchev–Trinajstić information content (AvgIpc) is 2.49. The van der Waals surface area contributed by atoms with Gasteiger partial charge in [-0.05, 0) is 70.2 Å². The van der Waals surface area contributed by atoms with Crippen molar-refractivity contribution in [3.05, 3.63) is 0 Å². The Bertz CT molecular complexity index is 249. The van der Waals surface area contributed by atoms with Crippen LogP contribution in [0.15, 0.2) is 0 Å². The van der Waals surface area contributed by atoms with Crippen molar-refractivity contribution in [1.82, 2.24) is 9.80 Å². The van der Waals surface area contributed by atoms with E-state index in [-0.39, 0.29) is 0 Å². The molecular formula is C16H33N3. The van der Waals surface area contributed by atoms with E-state index < -0.39 is 0 Å². The molecule has 19 heavy (non-hydrogen) atoms. The highest BCUT2D eigenvalue weighted by molar-refractivity contribution is 4.85. The van der Waals surface area contributed by atoms with Crippen LogP contribution in [0.2, 0.25) is 0 Å². The third kappa shape index (κ3) is 4.17. The third-order valence-electron chi connectivity index (χ3n) is 5.42. The highest BCUT2D eigenvalue weighted by atomic mass is 15.2. The minimum Gasteiger partial charge on any atom is -0.330 e. The van der Waals surface area contributed by atoms with Gasteiger partial charge in [0, 0.05) is 12.6 Å². The Hall–Kier alpha value is -0.120. The van der Waals surface area contributed by atoms with Gasteiger partial charge in [-0.2, -0.15) is 0 Å². The van der Waals surface area contributed by atoms with Crippen molar-refractivity contribution in [2.45, 2.75) is 58.4 Å². The summed E-state index contributed by atoms with van der Waals surface area (Å²) in [6.07, 6.45) is 8.20. The van der Waals surface area contributed by atoms with Crippen LogP contribution < -0.4 is 5.73 Å². The summed E-state index contributed by atoms with van der Waals surface area (Å²) in [5, 5.41) is 0. The van der Waals surface area contributed by atoms with E-state index in [4.69, 9.17) is 5.73 Å². The molecule has 2 saturated heterocycles. The third-order valence-corrected chi connectivity index (χ3v) is 5.42. The molecule has 2 fully saturated rings. The molecule has 2 heterocycles. The first-order chi connectivity index (χ1) is 9.17. The van der Waals surface area contributed by atoms with Crippen LogP contribution in [0.1, 0.15) is 52.4 Å². The van der Waals surface area contributed by atoms with E-state index in [0.29, 0.717) is 5.41 Å². The van der Waals surface area contributed by atoms with Gasteiger partial charge in [0.05, 0.1) is 0 Å². The Morgan fingerprint density at radius 3 is 2.21 bits per heavy atom. The van der Waals surface area contributed by atoms with Gasteiger partial charge in [-0.1, -0.05) is 20.3 Å². The minimum atomic E-state index is 0.317. The number of piperidine rings is 2. The molecule has 0 radical (unpaired) electrons. The van der Waals surface area contributed by atoms with Gasteiger partial charge in [0.1, 0.15) is 0 Å². The van der Waals surface area contributed by atoms with Crippen molar-refractivity contribution in [1.29, 1.82) is 0 Å². The largest absolute Gasteiger partial charge is 0.330 e. The van der Waals surface area contributed by atoms with Crippen LogP contribution in [0.4, 0.5) is 0 Å². The fourth-order valence-electron chi connectivity index (χ4n) is 3.59. The Morgan fingerprint density at radius 2 is 1.68 bits per heavy atom. The van der Waals surface area contributed by atoms with Gasteiger partial charge < -0.3 is 15.5 Å². The number of rotatable bonds is 5. The molecule has 0 aromatic carbocycles. The topological polar surface area (TPSA) is 32.5 Å². The lowest BCUT2D eigenvalue weighted by atomic mass is 9.86. The zero-order valence-corrected chi connectivity index (χ0v) is 13.0. The Labute approximate surface area is 119 Å². The monoisotopic (exact) mass is 267 g/mol. The molecule has 2 aliphatic rings. The lowest BCUT2D eigenvalue weighted by molar-refractivity contribution is 0.0712. The summed E-state index contributed by atoms with van der Waals surface area (Å²) in [6, 6.07) is 0.863. The highest BCUT2D eigenvalue weighted by Gasteiger charge is 2.29. The predicted molar refractivity (Wildman–Crippen MR) is 82.3 cm³/mol. The smallest absolute Gasteiger partial charge is 0.0120 e. The molecule has 0 saturated carbocycles. The predicted octanol–water partition coefficient (Wildman–Crippen LogP) is 2.31. The molecular weight excluding hydrogens is 234 g/mol. The van der Waals surface area contributed by atoms with Gasteiger partial charge >= 0.3 is 0 Å². The molecule has 0 aromatic rings. The molecule has 0 spiro atoms. The summed E-state index contributed by atoms with van der Waals surface area (Å²) in [7, 11) is 0. The van der Waals surface area contributed by atoms with Gasteiger partial charge in [-0.3, -0.25) is 0 Å².